The van der Waals surface area contributed by atoms with E-state index in [9.17, 15) is 4.79 Å². The van der Waals surface area contributed by atoms with Crippen molar-refractivity contribution >= 4 is 17.5 Å². The minimum absolute atomic E-state index is 0.0133. The summed E-state index contributed by atoms with van der Waals surface area (Å²) in [6, 6.07) is 13.4. The summed E-state index contributed by atoms with van der Waals surface area (Å²) in [6.45, 7) is 1.05. The molecule has 0 aliphatic rings. The van der Waals surface area contributed by atoms with Crippen LogP contribution >= 0.6 is 0 Å². The van der Waals surface area contributed by atoms with Crippen LogP contribution in [0.15, 0.2) is 53.7 Å². The molecule has 3 aromatic rings. The number of hydrogen-bond acceptors (Lipinski definition) is 5. The van der Waals surface area contributed by atoms with Crippen LogP contribution in [0.3, 0.4) is 0 Å². The van der Waals surface area contributed by atoms with Crippen LogP contribution in [0.1, 0.15) is 11.4 Å². The van der Waals surface area contributed by atoms with Gasteiger partial charge < -0.3 is 20.3 Å². The van der Waals surface area contributed by atoms with Crippen molar-refractivity contribution in [2.75, 3.05) is 27.7 Å². The SMILES string of the molecule is CN=C(NCc1cccc(OCC(=O)N(C)C)c1)NCc1nnc2ccccn12. The third-order valence-electron chi connectivity index (χ3n) is 4.24. The molecule has 0 bridgehead atoms. The van der Waals surface area contributed by atoms with E-state index in [1.807, 2.05) is 53.1 Å². The first kappa shape index (κ1) is 20.1. The quantitative estimate of drug-likeness (QED) is 0.459. The first-order valence-electron chi connectivity index (χ1n) is 9.22. The highest BCUT2D eigenvalue weighted by molar-refractivity contribution is 5.79. The second kappa shape index (κ2) is 9.54. The van der Waals surface area contributed by atoms with Crippen LogP contribution in [0.5, 0.6) is 5.75 Å². The number of nitrogens with one attached hydrogen (secondary N) is 2. The molecule has 0 atom stereocenters. The van der Waals surface area contributed by atoms with Gasteiger partial charge in [-0.05, 0) is 29.8 Å². The van der Waals surface area contributed by atoms with Gasteiger partial charge in [-0.2, -0.15) is 0 Å². The van der Waals surface area contributed by atoms with E-state index >= 15 is 0 Å². The lowest BCUT2D eigenvalue weighted by atomic mass is 10.2. The van der Waals surface area contributed by atoms with Crippen LogP contribution < -0.4 is 15.4 Å². The van der Waals surface area contributed by atoms with Crippen LogP contribution in [-0.4, -0.2) is 59.1 Å². The molecule has 0 aliphatic carbocycles. The first-order chi connectivity index (χ1) is 14.1. The molecule has 0 saturated carbocycles. The van der Waals surface area contributed by atoms with E-state index < -0.39 is 0 Å². The lowest BCUT2D eigenvalue weighted by Crippen LogP contribution is -2.36. The van der Waals surface area contributed by atoms with Gasteiger partial charge in [0.25, 0.3) is 5.91 Å². The van der Waals surface area contributed by atoms with Crippen molar-refractivity contribution in [3.8, 4) is 5.75 Å². The lowest BCUT2D eigenvalue weighted by Gasteiger charge is -2.13. The fourth-order valence-electron chi connectivity index (χ4n) is 2.60. The Bertz CT molecular complexity index is 997. The van der Waals surface area contributed by atoms with E-state index in [0.717, 1.165) is 17.0 Å². The highest BCUT2D eigenvalue weighted by Gasteiger charge is 2.07. The summed E-state index contributed by atoms with van der Waals surface area (Å²) in [4.78, 5) is 17.4. The number of aromatic nitrogens is 3. The summed E-state index contributed by atoms with van der Waals surface area (Å²) in [6.07, 6.45) is 1.93. The second-order valence-electron chi connectivity index (χ2n) is 6.55. The Morgan fingerprint density at radius 3 is 2.76 bits per heavy atom. The van der Waals surface area contributed by atoms with Gasteiger partial charge in [0.05, 0.1) is 6.54 Å². The van der Waals surface area contributed by atoms with Gasteiger partial charge in [0.2, 0.25) is 0 Å². The minimum Gasteiger partial charge on any atom is -0.484 e. The third kappa shape index (κ3) is 5.44. The Hall–Kier alpha value is -3.62. The average molecular weight is 395 g/mol. The van der Waals surface area contributed by atoms with Crippen LogP contribution in [-0.2, 0) is 17.9 Å². The summed E-state index contributed by atoms with van der Waals surface area (Å²) in [5.41, 5.74) is 1.81. The molecule has 152 valence electrons. The lowest BCUT2D eigenvalue weighted by molar-refractivity contribution is -0.130. The zero-order valence-electron chi connectivity index (χ0n) is 16.8. The number of amides is 1. The van der Waals surface area contributed by atoms with E-state index in [2.05, 4.69) is 25.8 Å². The molecule has 0 unspecified atom stereocenters. The molecule has 1 aromatic carbocycles. The Morgan fingerprint density at radius 2 is 1.97 bits per heavy atom. The molecule has 29 heavy (non-hydrogen) atoms. The van der Waals surface area contributed by atoms with Gasteiger partial charge in [-0.1, -0.05) is 18.2 Å². The molecule has 2 N–H and O–H groups in total. The fourth-order valence-corrected chi connectivity index (χ4v) is 2.60. The van der Waals surface area contributed by atoms with Crippen LogP contribution in [0.25, 0.3) is 5.65 Å². The molecule has 2 aromatic heterocycles. The molecule has 9 heteroatoms. The smallest absolute Gasteiger partial charge is 0.259 e. The van der Waals surface area contributed by atoms with Gasteiger partial charge in [-0.3, -0.25) is 14.2 Å². The average Bonchev–Trinajstić information content (AvgIpc) is 3.15. The summed E-state index contributed by atoms with van der Waals surface area (Å²) in [5, 5.41) is 14.8. The van der Waals surface area contributed by atoms with Gasteiger partial charge in [0.15, 0.2) is 24.0 Å². The van der Waals surface area contributed by atoms with E-state index in [1.165, 1.54) is 4.90 Å². The number of benzene rings is 1. The van der Waals surface area contributed by atoms with Gasteiger partial charge in [-0.15, -0.1) is 10.2 Å². The Kier molecular flexibility index (Phi) is 6.62. The van der Waals surface area contributed by atoms with Gasteiger partial charge >= 0.3 is 0 Å². The number of likely N-dealkylation sites (N-methyl/N-ethyl adjacent to an activating group) is 1. The number of ether oxygens (including phenoxy) is 1. The van der Waals surface area contributed by atoms with E-state index in [-0.39, 0.29) is 12.5 Å². The number of pyridine rings is 1. The number of carbonyl (C=O) groups excluding carboxylic acids is 1. The zero-order chi connectivity index (χ0) is 20.6. The maximum atomic E-state index is 11.7. The molecule has 3 rings (SSSR count). The molecule has 0 radical (unpaired) electrons. The largest absolute Gasteiger partial charge is 0.484 e. The normalized spacial score (nSPS) is 11.3. The number of carbonyl (C=O) groups is 1. The maximum absolute atomic E-state index is 11.7. The van der Waals surface area contributed by atoms with Crippen molar-refractivity contribution in [3.05, 3.63) is 60.0 Å². The monoisotopic (exact) mass is 395 g/mol. The Labute approximate surface area is 169 Å². The third-order valence-corrected chi connectivity index (χ3v) is 4.24. The fraction of sp³-hybridized carbons (Fsp3) is 0.300. The molecular formula is C20H25N7O2. The summed E-state index contributed by atoms with van der Waals surface area (Å²) in [7, 11) is 5.11. The number of nitrogens with zero attached hydrogens (tertiary/aromatic N) is 5. The summed E-state index contributed by atoms with van der Waals surface area (Å²) in [5.74, 6) is 2.01. The first-order valence-corrected chi connectivity index (χ1v) is 9.22. The van der Waals surface area contributed by atoms with E-state index in [1.54, 1.807) is 21.1 Å². The van der Waals surface area contributed by atoms with E-state index in [0.29, 0.717) is 24.8 Å². The molecule has 0 fully saturated rings. The minimum atomic E-state index is -0.0841. The van der Waals surface area contributed by atoms with Gasteiger partial charge in [-0.25, -0.2) is 0 Å². The molecule has 9 nitrogen and oxygen atoms in total. The second-order valence-corrected chi connectivity index (χ2v) is 6.55. The van der Waals surface area contributed by atoms with Crippen molar-refractivity contribution in [1.29, 1.82) is 0 Å². The van der Waals surface area contributed by atoms with Crippen molar-refractivity contribution in [3.63, 3.8) is 0 Å². The van der Waals surface area contributed by atoms with Crippen molar-refractivity contribution < 1.29 is 9.53 Å². The topological polar surface area (TPSA) is 96.2 Å². The van der Waals surface area contributed by atoms with Crippen molar-refractivity contribution in [2.45, 2.75) is 13.1 Å². The summed E-state index contributed by atoms with van der Waals surface area (Å²) >= 11 is 0. The molecule has 0 aliphatic heterocycles. The zero-order valence-corrected chi connectivity index (χ0v) is 16.8. The molecule has 2 heterocycles. The predicted octanol–water partition coefficient (Wildman–Crippen LogP) is 1.06. The van der Waals surface area contributed by atoms with Crippen LogP contribution in [0.2, 0.25) is 0 Å². The number of rotatable bonds is 7. The molecular weight excluding hydrogens is 370 g/mol. The van der Waals surface area contributed by atoms with Crippen molar-refractivity contribution in [1.82, 2.24) is 30.1 Å². The van der Waals surface area contributed by atoms with Gasteiger partial charge in [0.1, 0.15) is 5.75 Å². The molecule has 0 spiro atoms. The van der Waals surface area contributed by atoms with Gasteiger partial charge in [0, 0.05) is 33.9 Å². The molecule has 1 amide bonds. The number of aliphatic imine (C=N–C) groups is 1. The van der Waals surface area contributed by atoms with Crippen LogP contribution in [0.4, 0.5) is 0 Å². The standard InChI is InChI=1S/C20H25N7O2/c1-21-20(23-13-18-25-24-17-9-4-5-10-27(17)18)22-12-15-7-6-8-16(11-15)29-14-19(28)26(2)3/h4-11H,12-14H2,1-3H3,(H2,21,22,23). The highest BCUT2D eigenvalue weighted by Crippen LogP contribution is 2.13. The predicted molar refractivity (Wildman–Crippen MR) is 111 cm³/mol. The van der Waals surface area contributed by atoms with E-state index in [4.69, 9.17) is 4.74 Å². The van der Waals surface area contributed by atoms with Crippen LogP contribution in [0, 0.1) is 0 Å². The number of hydrogen-bond donors (Lipinski definition) is 2. The van der Waals surface area contributed by atoms with Crippen molar-refractivity contribution in [2.24, 2.45) is 4.99 Å². The maximum Gasteiger partial charge on any atom is 0.259 e. The Morgan fingerprint density at radius 1 is 1.14 bits per heavy atom. The summed E-state index contributed by atoms with van der Waals surface area (Å²) < 4.78 is 7.48. The number of guanidine groups is 1. The molecule has 0 saturated heterocycles. The highest BCUT2D eigenvalue weighted by atomic mass is 16.5. The number of fused-ring (bicyclic) bond motifs is 1. The Balaban J connectivity index is 1.53.